The molecule has 0 saturated heterocycles. The predicted molar refractivity (Wildman–Crippen MR) is 126 cm³/mol. The molecule has 178 valence electrons. The first-order chi connectivity index (χ1) is 15.9. The molecule has 0 radical (unpaired) electrons. The van der Waals surface area contributed by atoms with Gasteiger partial charge in [0, 0.05) is 31.9 Å². The van der Waals surface area contributed by atoms with Crippen molar-refractivity contribution < 1.29 is 14.7 Å². The molecule has 2 heterocycles. The van der Waals surface area contributed by atoms with Crippen LogP contribution in [0.5, 0.6) is 0 Å². The first kappa shape index (κ1) is 22.4. The summed E-state index contributed by atoms with van der Waals surface area (Å²) in [6.45, 7) is 5.16. The summed E-state index contributed by atoms with van der Waals surface area (Å²) in [6, 6.07) is 5.43. The molecule has 7 nitrogen and oxygen atoms in total. The van der Waals surface area contributed by atoms with Gasteiger partial charge in [-0.1, -0.05) is 6.07 Å². The van der Waals surface area contributed by atoms with E-state index in [0.29, 0.717) is 30.0 Å². The molecule has 2 N–H and O–H groups in total. The molecule has 4 fully saturated rings. The van der Waals surface area contributed by atoms with Gasteiger partial charge in [-0.05, 0) is 94.1 Å². The van der Waals surface area contributed by atoms with Gasteiger partial charge in [-0.3, -0.25) is 14.0 Å². The van der Waals surface area contributed by atoms with E-state index in [9.17, 15) is 14.7 Å². The van der Waals surface area contributed by atoms with E-state index in [4.69, 9.17) is 0 Å². The first-order valence-electron chi connectivity index (χ1n) is 12.6. The quantitative estimate of drug-likeness (QED) is 0.642. The van der Waals surface area contributed by atoms with Crippen molar-refractivity contribution in [3.63, 3.8) is 0 Å². The number of nitrogens with one attached hydrogen (secondary N) is 1. The van der Waals surface area contributed by atoms with E-state index < -0.39 is 0 Å². The number of hydrogen-bond acceptors (Lipinski definition) is 4. The topological polar surface area (TPSA) is 86.9 Å². The van der Waals surface area contributed by atoms with Gasteiger partial charge in [0.05, 0.1) is 0 Å². The van der Waals surface area contributed by atoms with E-state index in [2.05, 4.69) is 10.3 Å². The molecule has 4 aliphatic rings. The Bertz CT molecular complexity index is 1010. The molecule has 0 atom stereocenters. The lowest BCUT2D eigenvalue weighted by atomic mass is 9.49. The Balaban J connectivity index is 1.33. The maximum atomic E-state index is 13.2. The summed E-state index contributed by atoms with van der Waals surface area (Å²) in [6.07, 6.45) is 10.1. The van der Waals surface area contributed by atoms with Crippen molar-refractivity contribution in [1.29, 1.82) is 0 Å². The Kier molecular flexibility index (Phi) is 5.93. The number of carbonyl (C=O) groups is 2. The maximum absolute atomic E-state index is 13.2. The Morgan fingerprint density at radius 2 is 1.85 bits per heavy atom. The van der Waals surface area contributed by atoms with Crippen molar-refractivity contribution in [3.8, 4) is 0 Å². The molecule has 2 aromatic rings. The fourth-order valence-electron chi connectivity index (χ4n) is 7.15. The molecule has 0 aliphatic heterocycles. The zero-order chi connectivity index (χ0) is 23.2. The lowest BCUT2D eigenvalue weighted by molar-refractivity contribution is -0.0503. The summed E-state index contributed by atoms with van der Waals surface area (Å²) in [5, 5.41) is 12.4. The van der Waals surface area contributed by atoms with Gasteiger partial charge in [0.2, 0.25) is 0 Å². The second kappa shape index (κ2) is 8.75. The van der Waals surface area contributed by atoms with E-state index in [0.717, 1.165) is 24.3 Å². The SMILES string of the molecule is CC(C)N(CCCO)C(=O)c1cn2c(C(=O)NCC34CC5CC(CC(C5)C3)C4)cccc2n1. The Hall–Kier alpha value is -2.41. The van der Waals surface area contributed by atoms with Gasteiger partial charge < -0.3 is 15.3 Å². The predicted octanol–water partition coefficient (Wildman–Crippen LogP) is 3.51. The lowest BCUT2D eigenvalue weighted by Crippen LogP contribution is -2.51. The Morgan fingerprint density at radius 3 is 2.45 bits per heavy atom. The van der Waals surface area contributed by atoms with Crippen LogP contribution in [0.15, 0.2) is 24.4 Å². The number of rotatable bonds is 8. The van der Waals surface area contributed by atoms with E-state index in [1.54, 1.807) is 21.6 Å². The van der Waals surface area contributed by atoms with Crippen LogP contribution in [0.25, 0.3) is 5.65 Å². The van der Waals surface area contributed by atoms with Crippen LogP contribution < -0.4 is 5.32 Å². The molecule has 4 saturated carbocycles. The molecule has 4 bridgehead atoms. The van der Waals surface area contributed by atoms with Crippen molar-refractivity contribution in [2.24, 2.45) is 23.2 Å². The molecule has 0 aromatic carbocycles. The van der Waals surface area contributed by atoms with Crippen molar-refractivity contribution in [2.75, 3.05) is 19.7 Å². The highest BCUT2D eigenvalue weighted by Gasteiger charge is 2.50. The number of nitrogens with zero attached hydrogens (tertiary/aromatic N) is 3. The molecule has 7 heteroatoms. The first-order valence-corrected chi connectivity index (χ1v) is 12.6. The number of carbonyl (C=O) groups excluding carboxylic acids is 2. The summed E-state index contributed by atoms with van der Waals surface area (Å²) in [5.74, 6) is 2.28. The third-order valence-corrected chi connectivity index (χ3v) is 8.17. The monoisotopic (exact) mass is 452 g/mol. The highest BCUT2D eigenvalue weighted by molar-refractivity contribution is 5.95. The van der Waals surface area contributed by atoms with Crippen molar-refractivity contribution >= 4 is 17.5 Å². The van der Waals surface area contributed by atoms with Crippen LogP contribution >= 0.6 is 0 Å². The van der Waals surface area contributed by atoms with E-state index in [-0.39, 0.29) is 29.9 Å². The summed E-state index contributed by atoms with van der Waals surface area (Å²) < 4.78 is 1.73. The van der Waals surface area contributed by atoms with Crippen LogP contribution in [0.4, 0.5) is 0 Å². The smallest absolute Gasteiger partial charge is 0.274 e. The minimum absolute atomic E-state index is 0.00286. The fourth-order valence-corrected chi connectivity index (χ4v) is 7.15. The van der Waals surface area contributed by atoms with Crippen LogP contribution in [0.2, 0.25) is 0 Å². The number of aliphatic hydroxyl groups is 1. The molecular formula is C26H36N4O3. The van der Waals surface area contributed by atoms with Gasteiger partial charge in [-0.25, -0.2) is 4.98 Å². The van der Waals surface area contributed by atoms with E-state index in [1.807, 2.05) is 26.0 Å². The molecule has 6 rings (SSSR count). The average Bonchev–Trinajstić information content (AvgIpc) is 3.21. The summed E-state index contributed by atoms with van der Waals surface area (Å²) in [7, 11) is 0. The van der Waals surface area contributed by atoms with Crippen molar-refractivity contribution in [2.45, 2.75) is 64.8 Å². The summed E-state index contributed by atoms with van der Waals surface area (Å²) >= 11 is 0. The maximum Gasteiger partial charge on any atom is 0.274 e. The minimum Gasteiger partial charge on any atom is -0.396 e. The van der Waals surface area contributed by atoms with Crippen molar-refractivity contribution in [1.82, 2.24) is 19.6 Å². The summed E-state index contributed by atoms with van der Waals surface area (Å²) in [5.41, 5.74) is 1.70. The molecule has 2 aromatic heterocycles. The van der Waals surface area contributed by atoms with Gasteiger partial charge in [-0.2, -0.15) is 0 Å². The van der Waals surface area contributed by atoms with Crippen LogP contribution in [0.1, 0.15) is 79.8 Å². The highest BCUT2D eigenvalue weighted by atomic mass is 16.3. The second-order valence-corrected chi connectivity index (χ2v) is 11.0. The Labute approximate surface area is 195 Å². The average molecular weight is 453 g/mol. The van der Waals surface area contributed by atoms with Crippen LogP contribution in [0, 0.1) is 23.2 Å². The lowest BCUT2D eigenvalue weighted by Gasteiger charge is -2.56. The van der Waals surface area contributed by atoms with Gasteiger partial charge >= 0.3 is 0 Å². The standard InChI is InChI=1S/C26H36N4O3/c1-17(2)29(7-4-8-31)25(33)21-15-30-22(5-3-6-23(30)28-21)24(32)27-16-26-12-18-9-19(13-26)11-20(10-18)14-26/h3,5-6,15,17-20,31H,4,7-14,16H2,1-2H3,(H,27,32). The van der Waals surface area contributed by atoms with Gasteiger partial charge in [-0.15, -0.1) is 0 Å². The minimum atomic E-state index is -0.179. The van der Waals surface area contributed by atoms with Gasteiger partial charge in [0.15, 0.2) is 0 Å². The zero-order valence-electron chi connectivity index (χ0n) is 19.8. The molecule has 2 amide bonds. The third-order valence-electron chi connectivity index (χ3n) is 8.17. The highest BCUT2D eigenvalue weighted by Crippen LogP contribution is 2.59. The van der Waals surface area contributed by atoms with Crippen LogP contribution in [-0.2, 0) is 0 Å². The molecule has 4 aliphatic carbocycles. The number of imidazole rings is 1. The largest absolute Gasteiger partial charge is 0.396 e. The van der Waals surface area contributed by atoms with E-state index in [1.165, 1.54) is 38.5 Å². The van der Waals surface area contributed by atoms with Crippen LogP contribution in [-0.4, -0.2) is 56.9 Å². The molecule has 0 spiro atoms. The number of amides is 2. The number of pyridine rings is 1. The normalized spacial score (nSPS) is 27.9. The number of hydrogen-bond donors (Lipinski definition) is 2. The molecular weight excluding hydrogens is 416 g/mol. The second-order valence-electron chi connectivity index (χ2n) is 11.0. The fraction of sp³-hybridized carbons (Fsp3) is 0.654. The van der Waals surface area contributed by atoms with E-state index >= 15 is 0 Å². The number of aromatic nitrogens is 2. The van der Waals surface area contributed by atoms with Gasteiger partial charge in [0.25, 0.3) is 11.8 Å². The van der Waals surface area contributed by atoms with Crippen molar-refractivity contribution in [3.05, 3.63) is 35.8 Å². The Morgan fingerprint density at radius 1 is 1.18 bits per heavy atom. The van der Waals surface area contributed by atoms with Gasteiger partial charge in [0.1, 0.15) is 17.0 Å². The molecule has 0 unspecified atom stereocenters. The third kappa shape index (κ3) is 4.27. The number of fused-ring (bicyclic) bond motifs is 1. The zero-order valence-corrected chi connectivity index (χ0v) is 19.8. The van der Waals surface area contributed by atoms with Crippen LogP contribution in [0.3, 0.4) is 0 Å². The summed E-state index contributed by atoms with van der Waals surface area (Å²) in [4.78, 5) is 32.6. The number of aliphatic hydroxyl groups excluding tert-OH is 1. The molecule has 33 heavy (non-hydrogen) atoms.